The molecular weight excluding hydrogens is 172 g/mol. The Kier molecular flexibility index (Phi) is 4.97. The molecule has 2 heteroatoms. The average Bonchev–Trinajstić information content (AvgIpc) is 2.26. The van der Waals surface area contributed by atoms with Crippen molar-refractivity contribution in [1.29, 1.82) is 5.26 Å². The molecule has 80 valence electrons. The van der Waals surface area contributed by atoms with E-state index in [0.717, 1.165) is 12.3 Å². The summed E-state index contributed by atoms with van der Waals surface area (Å²) in [7, 11) is 0. The molecule has 1 fully saturated rings. The van der Waals surface area contributed by atoms with Crippen molar-refractivity contribution < 1.29 is 0 Å². The fourth-order valence-electron chi connectivity index (χ4n) is 2.33. The van der Waals surface area contributed by atoms with Gasteiger partial charge in [-0.1, -0.05) is 26.2 Å². The highest BCUT2D eigenvalue weighted by Crippen LogP contribution is 2.26. The van der Waals surface area contributed by atoms with E-state index >= 15 is 0 Å². The molecule has 0 aromatic heterocycles. The lowest BCUT2D eigenvalue weighted by Gasteiger charge is -2.29. The maximum absolute atomic E-state index is 8.86. The molecule has 0 aromatic rings. The summed E-state index contributed by atoms with van der Waals surface area (Å²) < 4.78 is 0. The number of hydrogen-bond donors (Lipinski definition) is 1. The van der Waals surface area contributed by atoms with Gasteiger partial charge in [-0.25, -0.2) is 0 Å². The lowest BCUT2D eigenvalue weighted by molar-refractivity contribution is 0.272. The first-order valence-corrected chi connectivity index (χ1v) is 5.93. The Balaban J connectivity index is 2.32. The van der Waals surface area contributed by atoms with Gasteiger partial charge in [0.05, 0.1) is 12.1 Å². The lowest BCUT2D eigenvalue weighted by Crippen LogP contribution is -2.40. The van der Waals surface area contributed by atoms with Gasteiger partial charge in [0.15, 0.2) is 0 Å². The van der Waals surface area contributed by atoms with Crippen LogP contribution >= 0.6 is 0 Å². The van der Waals surface area contributed by atoms with Gasteiger partial charge in [0.25, 0.3) is 0 Å². The SMILES string of the molecule is CCC(C#N)N[C@H](C)C1CCCCC1. The van der Waals surface area contributed by atoms with E-state index in [0.29, 0.717) is 6.04 Å². The summed E-state index contributed by atoms with van der Waals surface area (Å²) >= 11 is 0. The normalized spacial score (nSPS) is 22.6. The molecule has 0 radical (unpaired) electrons. The van der Waals surface area contributed by atoms with E-state index < -0.39 is 0 Å². The first-order chi connectivity index (χ1) is 6.77. The second kappa shape index (κ2) is 6.03. The number of nitrogens with zero attached hydrogens (tertiary/aromatic N) is 1. The molecule has 2 nitrogen and oxygen atoms in total. The van der Waals surface area contributed by atoms with Gasteiger partial charge in [0, 0.05) is 6.04 Å². The summed E-state index contributed by atoms with van der Waals surface area (Å²) in [5.74, 6) is 0.797. The summed E-state index contributed by atoms with van der Waals surface area (Å²) in [6, 6.07) is 2.87. The highest BCUT2D eigenvalue weighted by molar-refractivity contribution is 4.91. The third-order valence-electron chi connectivity index (χ3n) is 3.39. The molecule has 1 unspecified atom stereocenters. The Morgan fingerprint density at radius 3 is 2.50 bits per heavy atom. The van der Waals surface area contributed by atoms with Gasteiger partial charge in [-0.05, 0) is 32.1 Å². The highest BCUT2D eigenvalue weighted by Gasteiger charge is 2.21. The van der Waals surface area contributed by atoms with E-state index in [2.05, 4.69) is 25.2 Å². The van der Waals surface area contributed by atoms with Crippen LogP contribution < -0.4 is 5.32 Å². The molecule has 0 aliphatic heterocycles. The fourth-order valence-corrected chi connectivity index (χ4v) is 2.33. The second-order valence-corrected chi connectivity index (χ2v) is 4.44. The van der Waals surface area contributed by atoms with Crippen LogP contribution in [0, 0.1) is 17.2 Å². The molecule has 0 amide bonds. The smallest absolute Gasteiger partial charge is 0.0952 e. The standard InChI is InChI=1S/C12H22N2/c1-3-12(9-13)14-10(2)11-7-5-4-6-8-11/h10-12,14H,3-8H2,1-2H3/t10-,12?/m1/s1. The number of nitrogens with one attached hydrogen (secondary N) is 1. The van der Waals surface area contributed by atoms with Crippen LogP contribution in [0.15, 0.2) is 0 Å². The van der Waals surface area contributed by atoms with Crippen molar-refractivity contribution in [2.24, 2.45) is 5.92 Å². The largest absolute Gasteiger partial charge is 0.299 e. The maximum atomic E-state index is 8.86. The van der Waals surface area contributed by atoms with Gasteiger partial charge in [-0.15, -0.1) is 0 Å². The summed E-state index contributed by atoms with van der Waals surface area (Å²) in [4.78, 5) is 0. The van der Waals surface area contributed by atoms with Crippen LogP contribution in [0.2, 0.25) is 0 Å². The third-order valence-corrected chi connectivity index (χ3v) is 3.39. The number of hydrogen-bond acceptors (Lipinski definition) is 2. The second-order valence-electron chi connectivity index (χ2n) is 4.44. The minimum atomic E-state index is 0.0481. The van der Waals surface area contributed by atoms with Gasteiger partial charge in [0.2, 0.25) is 0 Å². The van der Waals surface area contributed by atoms with Crippen LogP contribution in [0.5, 0.6) is 0 Å². The van der Waals surface area contributed by atoms with Crippen LogP contribution in [0.3, 0.4) is 0 Å². The Morgan fingerprint density at radius 1 is 1.36 bits per heavy atom. The Bertz CT molecular complexity index is 189. The molecule has 1 saturated carbocycles. The quantitative estimate of drug-likeness (QED) is 0.747. The van der Waals surface area contributed by atoms with Crippen molar-refractivity contribution >= 4 is 0 Å². The van der Waals surface area contributed by atoms with Crippen molar-refractivity contribution in [2.75, 3.05) is 0 Å². The molecule has 0 bridgehead atoms. The predicted octanol–water partition coefficient (Wildman–Crippen LogP) is 2.85. The van der Waals surface area contributed by atoms with Crippen molar-refractivity contribution in [3.05, 3.63) is 0 Å². The molecule has 0 heterocycles. The molecule has 1 rings (SSSR count). The fraction of sp³-hybridized carbons (Fsp3) is 0.917. The van der Waals surface area contributed by atoms with Crippen molar-refractivity contribution in [3.8, 4) is 6.07 Å². The van der Waals surface area contributed by atoms with Crippen LogP contribution in [0.1, 0.15) is 52.4 Å². The van der Waals surface area contributed by atoms with Crippen LogP contribution in [0.4, 0.5) is 0 Å². The summed E-state index contributed by atoms with van der Waals surface area (Å²) in [6.07, 6.45) is 7.75. The topological polar surface area (TPSA) is 35.8 Å². The summed E-state index contributed by atoms with van der Waals surface area (Å²) in [5.41, 5.74) is 0. The van der Waals surface area contributed by atoms with E-state index in [1.165, 1.54) is 32.1 Å². The van der Waals surface area contributed by atoms with E-state index in [4.69, 9.17) is 5.26 Å². The lowest BCUT2D eigenvalue weighted by atomic mass is 9.84. The first-order valence-electron chi connectivity index (χ1n) is 5.93. The van der Waals surface area contributed by atoms with Gasteiger partial charge in [0.1, 0.15) is 0 Å². The Morgan fingerprint density at radius 2 is 2.00 bits per heavy atom. The van der Waals surface area contributed by atoms with Crippen LogP contribution in [0.25, 0.3) is 0 Å². The van der Waals surface area contributed by atoms with E-state index in [9.17, 15) is 0 Å². The van der Waals surface area contributed by atoms with Crippen molar-refractivity contribution in [3.63, 3.8) is 0 Å². The van der Waals surface area contributed by atoms with Gasteiger partial charge >= 0.3 is 0 Å². The number of nitriles is 1. The van der Waals surface area contributed by atoms with Crippen molar-refractivity contribution in [1.82, 2.24) is 5.32 Å². The first kappa shape index (κ1) is 11.5. The molecule has 14 heavy (non-hydrogen) atoms. The van der Waals surface area contributed by atoms with Crippen LogP contribution in [-0.4, -0.2) is 12.1 Å². The predicted molar refractivity (Wildman–Crippen MR) is 58.9 cm³/mol. The van der Waals surface area contributed by atoms with E-state index in [1.807, 2.05) is 0 Å². The Labute approximate surface area is 87.7 Å². The molecule has 0 aromatic carbocycles. The molecule has 1 N–H and O–H groups in total. The minimum absolute atomic E-state index is 0.0481. The van der Waals surface area contributed by atoms with Gasteiger partial charge < -0.3 is 0 Å². The van der Waals surface area contributed by atoms with E-state index in [1.54, 1.807) is 0 Å². The number of rotatable bonds is 4. The molecule has 0 spiro atoms. The van der Waals surface area contributed by atoms with Crippen LogP contribution in [-0.2, 0) is 0 Å². The zero-order valence-corrected chi connectivity index (χ0v) is 9.42. The van der Waals surface area contributed by atoms with Gasteiger partial charge in [-0.2, -0.15) is 5.26 Å². The highest BCUT2D eigenvalue weighted by atomic mass is 14.9. The molecule has 1 aliphatic carbocycles. The van der Waals surface area contributed by atoms with E-state index in [-0.39, 0.29) is 6.04 Å². The van der Waals surface area contributed by atoms with Crippen molar-refractivity contribution in [2.45, 2.75) is 64.5 Å². The molecule has 2 atom stereocenters. The molecule has 1 aliphatic rings. The monoisotopic (exact) mass is 194 g/mol. The zero-order chi connectivity index (χ0) is 10.4. The minimum Gasteiger partial charge on any atom is -0.299 e. The van der Waals surface area contributed by atoms with Gasteiger partial charge in [-0.3, -0.25) is 5.32 Å². The summed E-state index contributed by atoms with van der Waals surface area (Å²) in [5, 5.41) is 12.3. The maximum Gasteiger partial charge on any atom is 0.0952 e. The third kappa shape index (κ3) is 3.31. The average molecular weight is 194 g/mol. The summed E-state index contributed by atoms with van der Waals surface area (Å²) in [6.45, 7) is 4.30. The Hall–Kier alpha value is -0.550. The molecular formula is C12H22N2. The molecule has 0 saturated heterocycles. The zero-order valence-electron chi connectivity index (χ0n) is 9.42.